The number of aliphatic hydroxyl groups is 1. The van der Waals surface area contributed by atoms with Gasteiger partial charge in [-0.2, -0.15) is 0 Å². The molecule has 0 aliphatic heterocycles. The minimum absolute atomic E-state index is 0.00939. The molecule has 1 heterocycles. The molecule has 1 fully saturated rings. The number of hydrogen-bond acceptors (Lipinski definition) is 14. The summed E-state index contributed by atoms with van der Waals surface area (Å²) >= 11 is 0. The van der Waals surface area contributed by atoms with Gasteiger partial charge in [0.05, 0.1) is 31.4 Å². The van der Waals surface area contributed by atoms with Crippen LogP contribution in [0.15, 0.2) is 12.5 Å². The molecule has 1 aliphatic rings. The van der Waals surface area contributed by atoms with Gasteiger partial charge < -0.3 is 41.4 Å². The average molecular weight is 1090 g/mol. The number of H-pyrrole nitrogens is 1. The smallest absolute Gasteiger partial charge is 0.326 e. The van der Waals surface area contributed by atoms with Gasteiger partial charge in [0.15, 0.2) is 5.78 Å². The number of aliphatic carboxylic acids is 3. The fourth-order valence-electron chi connectivity index (χ4n) is 9.78. The van der Waals surface area contributed by atoms with Gasteiger partial charge >= 0.3 is 17.9 Å². The molecule has 1 aromatic heterocycles. The molecule has 434 valence electrons. The highest BCUT2D eigenvalue weighted by Crippen LogP contribution is 2.45. The van der Waals surface area contributed by atoms with Crippen LogP contribution in [0.2, 0.25) is 0 Å². The van der Waals surface area contributed by atoms with Crippen LogP contribution in [0.4, 0.5) is 0 Å². The Balaban J connectivity index is 1.58. The third-order valence-corrected chi connectivity index (χ3v) is 14.9. The van der Waals surface area contributed by atoms with Crippen LogP contribution >= 0.6 is 0 Å². The zero-order chi connectivity index (χ0) is 56.9. The van der Waals surface area contributed by atoms with Gasteiger partial charge in [-0.15, -0.1) is 0 Å². The number of aliphatic hydroxyl groups excluding tert-OH is 1. The van der Waals surface area contributed by atoms with E-state index in [9.17, 15) is 68.1 Å². The van der Waals surface area contributed by atoms with E-state index >= 15 is 0 Å². The van der Waals surface area contributed by atoms with E-state index < -0.39 is 83.5 Å². The van der Waals surface area contributed by atoms with Gasteiger partial charge in [-0.25, -0.2) is 9.78 Å². The second-order valence-electron chi connectivity index (χ2n) is 21.3. The van der Waals surface area contributed by atoms with Crippen LogP contribution in [0.1, 0.15) is 225 Å². The summed E-state index contributed by atoms with van der Waals surface area (Å²) in [6.45, 7) is 1.14. The highest BCUT2D eigenvalue weighted by Gasteiger charge is 2.44. The number of nitrogens with one attached hydrogen (secondary N) is 4. The van der Waals surface area contributed by atoms with Crippen molar-refractivity contribution in [2.24, 2.45) is 17.3 Å². The lowest BCUT2D eigenvalue weighted by Crippen LogP contribution is -2.47. The van der Waals surface area contributed by atoms with Crippen LogP contribution in [-0.4, -0.2) is 127 Å². The number of carboxylic acid groups (broad SMARTS) is 3. The highest BCUT2D eigenvalue weighted by molar-refractivity contribution is 5.94. The van der Waals surface area contributed by atoms with E-state index in [1.54, 1.807) is 12.5 Å². The lowest BCUT2D eigenvalue weighted by Gasteiger charge is -2.40. The fraction of sp³-hybridized carbons (Fsp3) is 0.754. The molecule has 2 rings (SSSR count). The Kier molecular flexibility index (Phi) is 34.9. The van der Waals surface area contributed by atoms with Crippen LogP contribution in [-0.2, 0) is 59.2 Å². The van der Waals surface area contributed by atoms with Crippen molar-refractivity contribution < 1.29 is 73.2 Å². The number of aromatic nitrogens is 2. The number of unbranched alkanes of at least 4 members (excludes halogenated alkanes) is 14. The number of aromatic amines is 1. The number of aryl methyl sites for hydroxylation is 1. The zero-order valence-corrected chi connectivity index (χ0v) is 45.9. The molecule has 1 aromatic rings. The lowest BCUT2D eigenvalue weighted by atomic mass is 9.63. The minimum atomic E-state index is -1.32. The van der Waals surface area contributed by atoms with E-state index in [-0.39, 0.29) is 100 Å². The molecular formula is C57H91N5O15. The number of Topliss-reactive ketones (excluding diaryl/α,β-unsaturated/α-hetero) is 6. The van der Waals surface area contributed by atoms with Gasteiger partial charge in [-0.1, -0.05) is 83.5 Å². The van der Waals surface area contributed by atoms with Crippen molar-refractivity contribution in [2.75, 3.05) is 19.7 Å². The maximum atomic E-state index is 13.3. The first-order valence-electron chi connectivity index (χ1n) is 28.5. The first-order valence-corrected chi connectivity index (χ1v) is 28.5. The quantitative estimate of drug-likeness (QED) is 0.0297. The van der Waals surface area contributed by atoms with Crippen LogP contribution in [0, 0.1) is 17.3 Å². The van der Waals surface area contributed by atoms with E-state index in [1.807, 2.05) is 0 Å². The lowest BCUT2D eigenvalue weighted by molar-refractivity contribution is -0.145. The number of carbonyl (C=O) groups is 11. The van der Waals surface area contributed by atoms with Crippen LogP contribution in [0.5, 0.6) is 0 Å². The molecule has 0 saturated heterocycles. The molecular weight excluding hydrogens is 995 g/mol. The molecule has 0 radical (unpaired) electrons. The van der Waals surface area contributed by atoms with E-state index in [4.69, 9.17) is 5.11 Å². The fourth-order valence-corrected chi connectivity index (χ4v) is 9.78. The van der Waals surface area contributed by atoms with E-state index in [1.165, 1.54) is 32.6 Å². The topological polar surface area (TPSA) is 333 Å². The van der Waals surface area contributed by atoms with Crippen molar-refractivity contribution in [2.45, 2.75) is 237 Å². The summed E-state index contributed by atoms with van der Waals surface area (Å²) in [7, 11) is 0. The molecule has 0 unspecified atom stereocenters. The number of carboxylic acids is 3. The molecule has 0 spiro atoms. The molecule has 20 heteroatoms. The predicted molar refractivity (Wildman–Crippen MR) is 287 cm³/mol. The predicted octanol–water partition coefficient (Wildman–Crippen LogP) is 7.30. The maximum absolute atomic E-state index is 13.3. The average Bonchev–Trinajstić information content (AvgIpc) is 3.90. The maximum Gasteiger partial charge on any atom is 0.326 e. The summed E-state index contributed by atoms with van der Waals surface area (Å²) in [5.41, 5.74) is 0.172. The molecule has 77 heavy (non-hydrogen) atoms. The number of ketones is 6. The van der Waals surface area contributed by atoms with E-state index in [0.29, 0.717) is 57.9 Å². The number of carbonyl (C=O) groups excluding carboxylic acids is 8. The molecule has 1 aliphatic carbocycles. The highest BCUT2D eigenvalue weighted by atomic mass is 16.4. The van der Waals surface area contributed by atoms with Crippen molar-refractivity contribution in [3.05, 3.63) is 18.2 Å². The van der Waals surface area contributed by atoms with Gasteiger partial charge in [0, 0.05) is 94.0 Å². The number of rotatable bonds is 51. The second kappa shape index (κ2) is 39.8. The van der Waals surface area contributed by atoms with Crippen molar-refractivity contribution in [3.8, 4) is 0 Å². The summed E-state index contributed by atoms with van der Waals surface area (Å²) in [4.78, 5) is 143. The second-order valence-corrected chi connectivity index (χ2v) is 21.3. The zero-order valence-electron chi connectivity index (χ0n) is 45.9. The Morgan fingerprint density at radius 2 is 1.17 bits per heavy atom. The van der Waals surface area contributed by atoms with Gasteiger partial charge in [0.25, 0.3) is 0 Å². The van der Waals surface area contributed by atoms with E-state index in [0.717, 1.165) is 69.9 Å². The van der Waals surface area contributed by atoms with Crippen LogP contribution < -0.4 is 16.0 Å². The number of imidazole rings is 1. The van der Waals surface area contributed by atoms with E-state index in [2.05, 4.69) is 25.9 Å². The molecule has 1 saturated carbocycles. The SMILES string of the molecule is CC(=O)[C@H](CCCCNC(=O)CCCC(=O)[C@H](CO)CC(=O)CC[C@H](CC(=O)CC[C@H](NC(=O)CCCCCCCCCCCCCCCCC(=O)O)C(=O)O)C(=O)O)NCC(=O)C1(CC(=O)CCc2cnc[nH]2)CCC1. The molecule has 2 amide bonds. The van der Waals surface area contributed by atoms with Gasteiger partial charge in [0.1, 0.15) is 35.0 Å². The third-order valence-electron chi connectivity index (χ3n) is 14.9. The van der Waals surface area contributed by atoms with Gasteiger partial charge in [0.2, 0.25) is 11.8 Å². The first-order chi connectivity index (χ1) is 36.8. The Morgan fingerprint density at radius 1 is 0.597 bits per heavy atom. The summed E-state index contributed by atoms with van der Waals surface area (Å²) < 4.78 is 0. The molecule has 0 bridgehead atoms. The number of amides is 2. The summed E-state index contributed by atoms with van der Waals surface area (Å²) in [6, 6.07) is -1.88. The van der Waals surface area contributed by atoms with Crippen molar-refractivity contribution >= 4 is 64.4 Å². The molecule has 8 N–H and O–H groups in total. The molecule has 4 atom stereocenters. The Bertz CT molecular complexity index is 2000. The number of nitrogens with zero attached hydrogens (tertiary/aromatic N) is 1. The largest absolute Gasteiger partial charge is 0.481 e. The third kappa shape index (κ3) is 30.9. The monoisotopic (exact) mass is 1090 g/mol. The standard InChI is InChI=1S/C57H91N5O15/c1-41(64)48(60-38-51(69)57(31-19-32-57)36-47(67)28-26-44-37-58-40-61-44)20-16-17-33-59-52(70)23-18-21-50(68)43(39-63)35-45(65)27-25-42(55(74)75)34-46(66)29-30-49(56(76)77)62-53(71)22-14-12-10-8-6-4-2-3-5-7-9-11-13-15-24-54(72)73/h37,40,42-43,48-49,60,63H,2-36,38-39H2,1H3,(H,58,61)(H,59,70)(H,62,71)(H,72,73)(H,74,75)(H,76,77)/t42-,43+,48+,49+/m1/s1. The summed E-state index contributed by atoms with van der Waals surface area (Å²) in [5.74, 6) is -8.00. The van der Waals surface area contributed by atoms with Crippen LogP contribution in [0.25, 0.3) is 0 Å². The van der Waals surface area contributed by atoms with Crippen molar-refractivity contribution in [3.63, 3.8) is 0 Å². The summed E-state index contributed by atoms with van der Waals surface area (Å²) in [6.07, 6.45) is 21.1. The van der Waals surface area contributed by atoms with Gasteiger partial charge in [-0.3, -0.25) is 47.9 Å². The normalized spacial score (nSPS) is 14.3. The van der Waals surface area contributed by atoms with Crippen LogP contribution in [0.3, 0.4) is 0 Å². The van der Waals surface area contributed by atoms with Crippen molar-refractivity contribution in [1.82, 2.24) is 25.9 Å². The Hall–Kier alpha value is -5.50. The summed E-state index contributed by atoms with van der Waals surface area (Å²) in [5, 5.41) is 46.3. The molecule has 20 nitrogen and oxygen atoms in total. The van der Waals surface area contributed by atoms with Crippen molar-refractivity contribution in [1.29, 1.82) is 0 Å². The first kappa shape index (κ1) is 67.6. The number of hydrogen-bond donors (Lipinski definition) is 8. The Labute approximate surface area is 454 Å². The minimum Gasteiger partial charge on any atom is -0.481 e. The molecule has 0 aromatic carbocycles. The Morgan fingerprint density at radius 3 is 1.69 bits per heavy atom. The van der Waals surface area contributed by atoms with Gasteiger partial charge in [-0.05, 0) is 77.6 Å².